The maximum Gasteiger partial charge on any atom is 0.141 e. The van der Waals surface area contributed by atoms with Gasteiger partial charge in [0.05, 0.1) is 28.4 Å². The summed E-state index contributed by atoms with van der Waals surface area (Å²) in [5.41, 5.74) is 8.70. The minimum atomic E-state index is -0.00752. The predicted octanol–water partition coefficient (Wildman–Crippen LogP) is 10.8. The first-order chi connectivity index (χ1) is 21.5. The number of fused-ring (bicyclic) bond motifs is 3. The van der Waals surface area contributed by atoms with E-state index in [2.05, 4.69) is 112 Å². The Balaban J connectivity index is 1.40. The summed E-state index contributed by atoms with van der Waals surface area (Å²) in [6, 6.07) is 29.9. The summed E-state index contributed by atoms with van der Waals surface area (Å²) in [5.74, 6) is 1.85. The maximum atomic E-state index is 10.6. The Labute approximate surface area is 267 Å². The molecule has 0 radical (unpaired) electrons. The highest BCUT2D eigenvalue weighted by molar-refractivity contribution is 5.99. The van der Waals surface area contributed by atoms with E-state index in [9.17, 15) is 5.11 Å². The Kier molecular flexibility index (Phi) is 7.11. The van der Waals surface area contributed by atoms with Gasteiger partial charge in [-0.15, -0.1) is 0 Å². The standard InChI is InChI=1S/C40H44N4O/c1-39(2,3)28-16-18-30(19-17-28)43-32-11-7-8-12-33(32)44(37-25-29(22-23-41-37)40(4,5)6)35-24-27(15-21-34(35)43)31-20-14-26-10-9-13-36(45)38(26)42-31/h7-15,20-25,28,30,45H,16-19H2,1-6H3. The van der Waals surface area contributed by atoms with E-state index < -0.39 is 0 Å². The van der Waals surface area contributed by atoms with E-state index in [0.29, 0.717) is 17.0 Å². The molecule has 0 amide bonds. The summed E-state index contributed by atoms with van der Waals surface area (Å²) < 4.78 is 0. The van der Waals surface area contributed by atoms with Crippen LogP contribution >= 0.6 is 0 Å². The van der Waals surface area contributed by atoms with Crippen molar-refractivity contribution in [3.05, 3.63) is 96.7 Å². The van der Waals surface area contributed by atoms with E-state index in [1.807, 2.05) is 24.4 Å². The molecule has 3 aromatic carbocycles. The molecule has 45 heavy (non-hydrogen) atoms. The van der Waals surface area contributed by atoms with E-state index in [1.165, 1.54) is 42.6 Å². The number of aromatic nitrogens is 2. The number of benzene rings is 3. The molecular weight excluding hydrogens is 552 g/mol. The van der Waals surface area contributed by atoms with E-state index in [1.54, 1.807) is 6.07 Å². The zero-order valence-corrected chi connectivity index (χ0v) is 27.4. The number of hydrogen-bond donors (Lipinski definition) is 1. The summed E-state index contributed by atoms with van der Waals surface area (Å²) in [6.07, 6.45) is 6.75. The van der Waals surface area contributed by atoms with Crippen LogP contribution in [0.5, 0.6) is 5.75 Å². The molecule has 5 nitrogen and oxygen atoms in total. The van der Waals surface area contributed by atoms with Crippen LogP contribution in [0, 0.1) is 11.3 Å². The highest BCUT2D eigenvalue weighted by atomic mass is 16.3. The van der Waals surface area contributed by atoms with E-state index in [-0.39, 0.29) is 11.2 Å². The van der Waals surface area contributed by atoms with Crippen LogP contribution in [0.1, 0.15) is 72.8 Å². The Morgan fingerprint density at radius 3 is 2.18 bits per heavy atom. The second-order valence-electron chi connectivity index (χ2n) is 15.0. The van der Waals surface area contributed by atoms with Crippen molar-refractivity contribution in [3.63, 3.8) is 0 Å². The minimum Gasteiger partial charge on any atom is -0.506 e. The number of pyridine rings is 2. The minimum absolute atomic E-state index is 0.00752. The fraction of sp³-hybridized carbons (Fsp3) is 0.350. The van der Waals surface area contributed by atoms with E-state index in [0.717, 1.165) is 39.8 Å². The zero-order valence-electron chi connectivity index (χ0n) is 27.4. The van der Waals surface area contributed by atoms with Crippen molar-refractivity contribution < 1.29 is 5.11 Å². The number of para-hydroxylation sites is 3. The van der Waals surface area contributed by atoms with Gasteiger partial charge in [0, 0.05) is 23.2 Å². The molecule has 0 atom stereocenters. The van der Waals surface area contributed by atoms with Crippen LogP contribution in [-0.2, 0) is 5.41 Å². The topological polar surface area (TPSA) is 52.5 Å². The van der Waals surface area contributed by atoms with E-state index >= 15 is 0 Å². The molecule has 1 N–H and O–H groups in total. The Morgan fingerprint density at radius 1 is 0.711 bits per heavy atom. The second kappa shape index (κ2) is 10.9. The molecule has 1 saturated carbocycles. The molecule has 1 aliphatic carbocycles. The number of rotatable bonds is 3. The summed E-state index contributed by atoms with van der Waals surface area (Å²) in [5, 5.41) is 11.5. The third-order valence-corrected chi connectivity index (χ3v) is 9.98. The van der Waals surface area contributed by atoms with Crippen molar-refractivity contribution in [1.29, 1.82) is 0 Å². The van der Waals surface area contributed by atoms with Gasteiger partial charge in [-0.3, -0.25) is 4.90 Å². The maximum absolute atomic E-state index is 10.6. The molecule has 3 heterocycles. The third kappa shape index (κ3) is 5.32. The SMILES string of the molecule is CC(C)(C)c1ccnc(N2c3ccccc3N(C3CCC(C(C)(C)C)CC3)c3ccc(-c4ccc5cccc(O)c5n4)cc32)c1. The monoisotopic (exact) mass is 596 g/mol. The molecule has 5 aromatic rings. The molecule has 1 fully saturated rings. The predicted molar refractivity (Wildman–Crippen MR) is 187 cm³/mol. The van der Waals surface area contributed by atoms with Gasteiger partial charge in [0.1, 0.15) is 17.1 Å². The lowest BCUT2D eigenvalue weighted by atomic mass is 9.71. The van der Waals surface area contributed by atoms with Crippen LogP contribution in [0.15, 0.2) is 91.1 Å². The molecule has 2 aromatic heterocycles. The van der Waals surface area contributed by atoms with Gasteiger partial charge in [-0.05, 0) is 96.5 Å². The van der Waals surface area contributed by atoms with Crippen LogP contribution in [0.4, 0.5) is 28.6 Å². The van der Waals surface area contributed by atoms with Crippen molar-refractivity contribution in [1.82, 2.24) is 9.97 Å². The smallest absolute Gasteiger partial charge is 0.141 e. The quantitative estimate of drug-likeness (QED) is 0.224. The normalized spacial score (nSPS) is 18.5. The molecule has 7 rings (SSSR count). The van der Waals surface area contributed by atoms with Gasteiger partial charge in [-0.2, -0.15) is 0 Å². The van der Waals surface area contributed by atoms with Gasteiger partial charge >= 0.3 is 0 Å². The zero-order chi connectivity index (χ0) is 31.5. The highest BCUT2D eigenvalue weighted by Crippen LogP contribution is 2.54. The van der Waals surface area contributed by atoms with Gasteiger partial charge in [-0.25, -0.2) is 9.97 Å². The van der Waals surface area contributed by atoms with Crippen molar-refractivity contribution >= 4 is 39.5 Å². The number of aromatic hydroxyl groups is 1. The van der Waals surface area contributed by atoms with Crippen molar-refractivity contribution in [2.24, 2.45) is 11.3 Å². The summed E-state index contributed by atoms with van der Waals surface area (Å²) >= 11 is 0. The van der Waals surface area contributed by atoms with Crippen LogP contribution in [0.3, 0.4) is 0 Å². The first-order valence-corrected chi connectivity index (χ1v) is 16.4. The molecular formula is C40H44N4O. The number of phenolic OH excluding ortho intramolecular Hbond substituents is 1. The first kappa shape index (κ1) is 29.3. The van der Waals surface area contributed by atoms with Crippen molar-refractivity contribution in [2.75, 3.05) is 9.80 Å². The molecule has 0 spiro atoms. The third-order valence-electron chi connectivity index (χ3n) is 9.98. The highest BCUT2D eigenvalue weighted by Gasteiger charge is 2.38. The number of anilines is 5. The summed E-state index contributed by atoms with van der Waals surface area (Å²) in [4.78, 5) is 14.8. The van der Waals surface area contributed by atoms with Crippen LogP contribution in [0.2, 0.25) is 0 Å². The first-order valence-electron chi connectivity index (χ1n) is 16.4. The van der Waals surface area contributed by atoms with Crippen LogP contribution < -0.4 is 9.80 Å². The fourth-order valence-electron chi connectivity index (χ4n) is 7.32. The van der Waals surface area contributed by atoms with E-state index in [4.69, 9.17) is 9.97 Å². The van der Waals surface area contributed by atoms with Crippen LogP contribution in [0.25, 0.3) is 22.2 Å². The second-order valence-corrected chi connectivity index (χ2v) is 15.0. The number of nitrogens with zero attached hydrogens (tertiary/aromatic N) is 4. The lowest BCUT2D eigenvalue weighted by Gasteiger charge is -2.46. The summed E-state index contributed by atoms with van der Waals surface area (Å²) in [7, 11) is 0. The molecule has 5 heteroatoms. The Morgan fingerprint density at radius 2 is 1.44 bits per heavy atom. The van der Waals surface area contributed by atoms with Gasteiger partial charge in [0.25, 0.3) is 0 Å². The van der Waals surface area contributed by atoms with Crippen molar-refractivity contribution in [3.8, 4) is 17.0 Å². The Hall–Kier alpha value is -4.38. The molecule has 1 aliphatic heterocycles. The fourth-order valence-corrected chi connectivity index (χ4v) is 7.32. The average Bonchev–Trinajstić information content (AvgIpc) is 3.03. The average molecular weight is 597 g/mol. The van der Waals surface area contributed by atoms with Gasteiger partial charge in [0.15, 0.2) is 0 Å². The number of phenols is 1. The van der Waals surface area contributed by atoms with Crippen LogP contribution in [-0.4, -0.2) is 21.1 Å². The lowest BCUT2D eigenvalue weighted by molar-refractivity contribution is 0.169. The van der Waals surface area contributed by atoms with Gasteiger partial charge in [0.2, 0.25) is 0 Å². The van der Waals surface area contributed by atoms with Crippen molar-refractivity contribution in [2.45, 2.75) is 78.7 Å². The Bertz CT molecular complexity index is 1870. The molecule has 2 aliphatic rings. The van der Waals surface area contributed by atoms with Gasteiger partial charge < -0.3 is 10.0 Å². The molecule has 0 saturated heterocycles. The molecule has 0 bridgehead atoms. The number of hydrogen-bond acceptors (Lipinski definition) is 5. The molecule has 230 valence electrons. The summed E-state index contributed by atoms with van der Waals surface area (Å²) in [6.45, 7) is 13.9. The lowest BCUT2D eigenvalue weighted by Crippen LogP contribution is -2.40. The van der Waals surface area contributed by atoms with Gasteiger partial charge in [-0.1, -0.05) is 77.9 Å². The molecule has 0 unspecified atom stereocenters. The largest absolute Gasteiger partial charge is 0.506 e.